The van der Waals surface area contributed by atoms with Gasteiger partial charge in [0.05, 0.1) is 0 Å². The van der Waals surface area contributed by atoms with Crippen molar-refractivity contribution in [3.05, 3.63) is 10.1 Å². The normalized spacial score (nSPS) is 28.3. The van der Waals surface area contributed by atoms with E-state index in [9.17, 15) is 14.9 Å². The van der Waals surface area contributed by atoms with Gasteiger partial charge in [-0.05, 0) is 18.8 Å². The van der Waals surface area contributed by atoms with Crippen molar-refractivity contribution in [3.63, 3.8) is 0 Å². The van der Waals surface area contributed by atoms with Crippen molar-refractivity contribution >= 4 is 5.97 Å². The van der Waals surface area contributed by atoms with E-state index in [1.807, 2.05) is 0 Å². The summed E-state index contributed by atoms with van der Waals surface area (Å²) < 4.78 is 0. The molecular formula is C8H13NO4. The number of carboxylic acids is 1. The second kappa shape index (κ2) is 4.20. The summed E-state index contributed by atoms with van der Waals surface area (Å²) in [5.74, 6) is -0.654. The Hall–Kier alpha value is -1.13. The smallest absolute Gasteiger partial charge is 0.303 e. The van der Waals surface area contributed by atoms with Gasteiger partial charge in [-0.25, -0.2) is 0 Å². The summed E-state index contributed by atoms with van der Waals surface area (Å²) in [6.45, 7) is 0. The van der Waals surface area contributed by atoms with Crippen LogP contribution < -0.4 is 0 Å². The molecule has 0 saturated heterocycles. The molecule has 1 fully saturated rings. The molecule has 0 aromatic carbocycles. The van der Waals surface area contributed by atoms with Crippen LogP contribution >= 0.6 is 0 Å². The lowest BCUT2D eigenvalue weighted by molar-refractivity contribution is -0.527. The van der Waals surface area contributed by atoms with Crippen molar-refractivity contribution < 1.29 is 14.8 Å². The summed E-state index contributed by atoms with van der Waals surface area (Å²) in [5.41, 5.74) is 0. The minimum absolute atomic E-state index is 0.147. The average Bonchev–Trinajstić information content (AvgIpc) is 2.04. The van der Waals surface area contributed by atoms with Crippen LogP contribution in [0.25, 0.3) is 0 Å². The highest BCUT2D eigenvalue weighted by Crippen LogP contribution is 2.27. The number of aliphatic carboxylic acids is 1. The van der Waals surface area contributed by atoms with E-state index in [1.54, 1.807) is 0 Å². The standard InChI is InChI=1S/C8H13NO4/c10-8(11)5-6-1-3-7(4-2-6)9(12)13/h6-7H,1-5H2,(H,10,11)/t6-,7+. The van der Waals surface area contributed by atoms with E-state index in [0.717, 1.165) is 0 Å². The van der Waals surface area contributed by atoms with Crippen molar-refractivity contribution in [2.75, 3.05) is 0 Å². The van der Waals surface area contributed by atoms with E-state index in [1.165, 1.54) is 0 Å². The Morgan fingerprint density at radius 1 is 1.38 bits per heavy atom. The van der Waals surface area contributed by atoms with Crippen LogP contribution in [0.3, 0.4) is 0 Å². The van der Waals surface area contributed by atoms with Crippen LogP contribution in [-0.2, 0) is 4.79 Å². The molecule has 0 heterocycles. The summed E-state index contributed by atoms with van der Waals surface area (Å²) in [6, 6.07) is -0.440. The van der Waals surface area contributed by atoms with E-state index < -0.39 is 12.0 Å². The van der Waals surface area contributed by atoms with E-state index in [-0.39, 0.29) is 17.3 Å². The number of carboxylic acid groups (broad SMARTS) is 1. The highest BCUT2D eigenvalue weighted by molar-refractivity contribution is 5.67. The second-order valence-electron chi connectivity index (χ2n) is 3.56. The molecule has 0 radical (unpaired) electrons. The molecule has 1 saturated carbocycles. The minimum atomic E-state index is -0.801. The number of rotatable bonds is 3. The summed E-state index contributed by atoms with van der Waals surface area (Å²) in [5, 5.41) is 18.9. The maximum Gasteiger partial charge on any atom is 0.303 e. The molecule has 0 aromatic heterocycles. The Balaban J connectivity index is 2.30. The van der Waals surface area contributed by atoms with Gasteiger partial charge in [-0.3, -0.25) is 14.9 Å². The fraction of sp³-hybridized carbons (Fsp3) is 0.875. The Kier molecular flexibility index (Phi) is 3.22. The molecule has 1 rings (SSSR count). The van der Waals surface area contributed by atoms with Crippen molar-refractivity contribution in [2.24, 2.45) is 5.92 Å². The molecule has 5 heteroatoms. The molecule has 5 nitrogen and oxygen atoms in total. The Bertz CT molecular complexity index is 208. The van der Waals surface area contributed by atoms with Gasteiger partial charge in [-0.15, -0.1) is 0 Å². The van der Waals surface area contributed by atoms with E-state index in [2.05, 4.69) is 0 Å². The van der Waals surface area contributed by atoms with Gasteiger partial charge in [0.25, 0.3) is 0 Å². The second-order valence-corrected chi connectivity index (χ2v) is 3.56. The molecule has 0 aliphatic heterocycles. The highest BCUT2D eigenvalue weighted by Gasteiger charge is 2.29. The maximum absolute atomic E-state index is 10.4. The third-order valence-corrected chi connectivity index (χ3v) is 2.58. The third-order valence-electron chi connectivity index (χ3n) is 2.58. The number of nitrogens with zero attached hydrogens (tertiary/aromatic N) is 1. The Morgan fingerprint density at radius 2 is 1.92 bits per heavy atom. The predicted molar refractivity (Wildman–Crippen MR) is 45.0 cm³/mol. The monoisotopic (exact) mass is 187 g/mol. The van der Waals surface area contributed by atoms with Gasteiger partial charge in [0.15, 0.2) is 0 Å². The zero-order valence-electron chi connectivity index (χ0n) is 7.31. The maximum atomic E-state index is 10.4. The molecule has 0 atom stereocenters. The lowest BCUT2D eigenvalue weighted by Gasteiger charge is -2.22. The van der Waals surface area contributed by atoms with Crippen LogP contribution in [0.4, 0.5) is 0 Å². The summed E-state index contributed by atoms with van der Waals surface area (Å²) in [7, 11) is 0. The number of hydrogen-bond donors (Lipinski definition) is 1. The SMILES string of the molecule is O=C(O)C[C@H]1CC[C@@H]([N+](=O)[O-])CC1. The van der Waals surface area contributed by atoms with Gasteiger partial charge in [-0.2, -0.15) is 0 Å². The van der Waals surface area contributed by atoms with Crippen LogP contribution in [0.15, 0.2) is 0 Å². The number of hydrogen-bond acceptors (Lipinski definition) is 3. The van der Waals surface area contributed by atoms with Crippen molar-refractivity contribution in [1.29, 1.82) is 0 Å². The molecule has 1 aliphatic rings. The largest absolute Gasteiger partial charge is 0.481 e. The highest BCUT2D eigenvalue weighted by atomic mass is 16.6. The average molecular weight is 187 g/mol. The van der Waals surface area contributed by atoms with E-state index >= 15 is 0 Å². The molecule has 1 aliphatic carbocycles. The third kappa shape index (κ3) is 3.01. The van der Waals surface area contributed by atoms with Crippen LogP contribution in [0.1, 0.15) is 32.1 Å². The fourth-order valence-electron chi connectivity index (χ4n) is 1.81. The zero-order valence-corrected chi connectivity index (χ0v) is 7.31. The van der Waals surface area contributed by atoms with Crippen LogP contribution in [-0.4, -0.2) is 22.0 Å². The molecule has 0 amide bonds. The lowest BCUT2D eigenvalue weighted by atomic mass is 9.84. The molecule has 0 aromatic rings. The van der Waals surface area contributed by atoms with Gasteiger partial charge in [-0.1, -0.05) is 0 Å². The van der Waals surface area contributed by atoms with Crippen molar-refractivity contribution in [3.8, 4) is 0 Å². The van der Waals surface area contributed by atoms with Crippen LogP contribution in [0, 0.1) is 16.0 Å². The summed E-state index contributed by atoms with van der Waals surface area (Å²) >= 11 is 0. The fourth-order valence-corrected chi connectivity index (χ4v) is 1.81. The van der Waals surface area contributed by atoms with Gasteiger partial charge in [0.2, 0.25) is 6.04 Å². The summed E-state index contributed by atoms with van der Waals surface area (Å²) in [4.78, 5) is 20.5. The van der Waals surface area contributed by atoms with Crippen molar-refractivity contribution in [1.82, 2.24) is 0 Å². The molecule has 0 bridgehead atoms. The first-order valence-corrected chi connectivity index (χ1v) is 4.45. The first-order valence-electron chi connectivity index (χ1n) is 4.45. The zero-order chi connectivity index (χ0) is 9.84. The molecule has 1 N–H and O–H groups in total. The lowest BCUT2D eigenvalue weighted by Crippen LogP contribution is -2.26. The molecule has 0 unspecified atom stereocenters. The Labute approximate surface area is 75.9 Å². The predicted octanol–water partition coefficient (Wildman–Crippen LogP) is 1.30. The van der Waals surface area contributed by atoms with Gasteiger partial charge < -0.3 is 5.11 Å². The molecule has 13 heavy (non-hydrogen) atoms. The molecular weight excluding hydrogens is 174 g/mol. The van der Waals surface area contributed by atoms with Gasteiger partial charge in [0.1, 0.15) is 0 Å². The molecule has 0 spiro atoms. The minimum Gasteiger partial charge on any atom is -0.481 e. The van der Waals surface area contributed by atoms with E-state index in [4.69, 9.17) is 5.11 Å². The van der Waals surface area contributed by atoms with Crippen LogP contribution in [0.5, 0.6) is 0 Å². The van der Waals surface area contributed by atoms with Gasteiger partial charge in [0, 0.05) is 24.2 Å². The topological polar surface area (TPSA) is 80.4 Å². The van der Waals surface area contributed by atoms with Crippen molar-refractivity contribution in [2.45, 2.75) is 38.1 Å². The van der Waals surface area contributed by atoms with E-state index in [0.29, 0.717) is 25.7 Å². The Morgan fingerprint density at radius 3 is 2.31 bits per heavy atom. The quantitative estimate of drug-likeness (QED) is 0.533. The van der Waals surface area contributed by atoms with Gasteiger partial charge >= 0.3 is 5.97 Å². The number of carbonyl (C=O) groups is 1. The first-order chi connectivity index (χ1) is 6.09. The van der Waals surface area contributed by atoms with Crippen LogP contribution in [0.2, 0.25) is 0 Å². The summed E-state index contributed by atoms with van der Waals surface area (Å²) in [6.07, 6.45) is 2.58. The number of nitro groups is 1. The molecule has 74 valence electrons. The first kappa shape index (κ1) is 9.95.